The molecule has 9 heteroatoms. The highest BCUT2D eigenvalue weighted by atomic mass is 16.5. The quantitative estimate of drug-likeness (QED) is 0.201. The predicted molar refractivity (Wildman–Crippen MR) is 132 cm³/mol. The maximum Gasteiger partial charge on any atom is 0.328 e. The second-order valence-electron chi connectivity index (χ2n) is 8.37. The summed E-state index contributed by atoms with van der Waals surface area (Å²) in [7, 11) is 5.93. The minimum Gasteiger partial charge on any atom is -0.497 e. The summed E-state index contributed by atoms with van der Waals surface area (Å²) in [5.74, 6) is -0.376. The number of ether oxygens (including phenoxy) is 5. The number of carbonyl (C=O) groups is 3. The molecular formula is C27H33NO8. The number of carbonyl (C=O) groups excluding carboxylic acids is 3. The number of rotatable bonds is 11. The van der Waals surface area contributed by atoms with Gasteiger partial charge in [-0.2, -0.15) is 0 Å². The second-order valence-corrected chi connectivity index (χ2v) is 8.37. The van der Waals surface area contributed by atoms with E-state index in [1.165, 1.54) is 38.4 Å². The first kappa shape index (κ1) is 26.8. The first-order valence-corrected chi connectivity index (χ1v) is 11.9. The molecule has 0 aromatic heterocycles. The highest BCUT2D eigenvalue weighted by Crippen LogP contribution is 2.38. The van der Waals surface area contributed by atoms with Gasteiger partial charge in [0.1, 0.15) is 11.8 Å². The number of methoxy groups -OCH3 is 4. The number of ketones is 1. The normalized spacial score (nSPS) is 15.1. The summed E-state index contributed by atoms with van der Waals surface area (Å²) in [6.45, 7) is 0.533. The first-order chi connectivity index (χ1) is 17.4. The van der Waals surface area contributed by atoms with Crippen LogP contribution < -0.4 is 18.9 Å². The summed E-state index contributed by atoms with van der Waals surface area (Å²) >= 11 is 0. The fourth-order valence-electron chi connectivity index (χ4n) is 4.22. The van der Waals surface area contributed by atoms with Crippen LogP contribution in [0.25, 0.3) is 0 Å². The molecule has 1 saturated heterocycles. The Morgan fingerprint density at radius 2 is 1.56 bits per heavy atom. The van der Waals surface area contributed by atoms with Gasteiger partial charge in [0.2, 0.25) is 5.75 Å². The first-order valence-electron chi connectivity index (χ1n) is 11.9. The lowest BCUT2D eigenvalue weighted by molar-refractivity contribution is -0.155. The number of esters is 1. The molecule has 1 heterocycles. The third-order valence-corrected chi connectivity index (χ3v) is 6.17. The molecule has 0 radical (unpaired) electrons. The van der Waals surface area contributed by atoms with E-state index >= 15 is 0 Å². The van der Waals surface area contributed by atoms with E-state index in [4.69, 9.17) is 23.7 Å². The average Bonchev–Trinajstić information content (AvgIpc) is 2.93. The molecule has 36 heavy (non-hydrogen) atoms. The zero-order valence-corrected chi connectivity index (χ0v) is 21.2. The van der Waals surface area contributed by atoms with Crippen molar-refractivity contribution in [3.8, 4) is 23.0 Å². The average molecular weight is 500 g/mol. The fraction of sp³-hybridized carbons (Fsp3) is 0.444. The summed E-state index contributed by atoms with van der Waals surface area (Å²) in [5.41, 5.74) is 1.20. The van der Waals surface area contributed by atoms with Crippen molar-refractivity contribution >= 4 is 17.7 Å². The minimum absolute atomic E-state index is 0.0895. The zero-order valence-electron chi connectivity index (χ0n) is 21.2. The standard InChI is InChI=1S/C27H33NO8/c1-32-20-12-10-18(11-13-20)8-7-15-36-27(31)21-9-5-6-14-28(21)26(30)24(29)19-16-22(33-2)25(35-4)23(17-19)34-3/h10-13,16-17,21H,5-9,14-15H2,1-4H3/t21-/m0/s1. The van der Waals surface area contributed by atoms with Crippen LogP contribution in [0.5, 0.6) is 23.0 Å². The van der Waals surface area contributed by atoms with Gasteiger partial charge >= 0.3 is 5.97 Å². The van der Waals surface area contributed by atoms with Gasteiger partial charge in [-0.25, -0.2) is 4.79 Å². The van der Waals surface area contributed by atoms with Gasteiger partial charge in [0.25, 0.3) is 11.7 Å². The van der Waals surface area contributed by atoms with Gasteiger partial charge in [0, 0.05) is 12.1 Å². The number of aryl methyl sites for hydroxylation is 1. The smallest absolute Gasteiger partial charge is 0.328 e. The molecule has 1 atom stereocenters. The van der Waals surface area contributed by atoms with E-state index in [0.717, 1.165) is 24.2 Å². The van der Waals surface area contributed by atoms with Crippen LogP contribution in [-0.4, -0.2) is 70.2 Å². The molecule has 2 aromatic rings. The third-order valence-electron chi connectivity index (χ3n) is 6.17. The summed E-state index contributed by atoms with van der Waals surface area (Å²) in [6, 6.07) is 9.78. The number of likely N-dealkylation sites (tertiary alicyclic amines) is 1. The lowest BCUT2D eigenvalue weighted by Gasteiger charge is -2.33. The predicted octanol–water partition coefficient (Wildman–Crippen LogP) is 3.46. The van der Waals surface area contributed by atoms with E-state index in [0.29, 0.717) is 31.6 Å². The number of hydrogen-bond acceptors (Lipinski definition) is 8. The van der Waals surface area contributed by atoms with Gasteiger partial charge in [-0.15, -0.1) is 0 Å². The van der Waals surface area contributed by atoms with E-state index in [2.05, 4.69) is 0 Å². The van der Waals surface area contributed by atoms with Gasteiger partial charge in [-0.1, -0.05) is 12.1 Å². The molecule has 1 amide bonds. The van der Waals surface area contributed by atoms with Crippen LogP contribution in [0.4, 0.5) is 0 Å². The molecule has 0 unspecified atom stereocenters. The van der Waals surface area contributed by atoms with Crippen molar-refractivity contribution in [3.05, 3.63) is 47.5 Å². The Hall–Kier alpha value is -3.75. The van der Waals surface area contributed by atoms with E-state index in [1.54, 1.807) is 7.11 Å². The van der Waals surface area contributed by atoms with Crippen LogP contribution in [0.1, 0.15) is 41.6 Å². The molecule has 3 rings (SSSR count). The van der Waals surface area contributed by atoms with Gasteiger partial charge in [-0.3, -0.25) is 9.59 Å². The Labute approximate surface area is 211 Å². The van der Waals surface area contributed by atoms with Crippen molar-refractivity contribution in [1.82, 2.24) is 4.90 Å². The van der Waals surface area contributed by atoms with Crippen molar-refractivity contribution in [2.45, 2.75) is 38.1 Å². The SMILES string of the molecule is COc1ccc(CCCOC(=O)[C@@H]2CCCCN2C(=O)C(=O)c2cc(OC)c(OC)c(OC)c2)cc1. The molecule has 0 spiro atoms. The lowest BCUT2D eigenvalue weighted by Crippen LogP contribution is -2.51. The number of amides is 1. The van der Waals surface area contributed by atoms with Crippen molar-refractivity contribution in [1.29, 1.82) is 0 Å². The maximum absolute atomic E-state index is 13.2. The molecule has 9 nitrogen and oxygen atoms in total. The van der Waals surface area contributed by atoms with E-state index in [1.807, 2.05) is 24.3 Å². The summed E-state index contributed by atoms with van der Waals surface area (Å²) in [4.78, 5) is 40.5. The number of benzene rings is 2. The highest BCUT2D eigenvalue weighted by molar-refractivity contribution is 6.43. The van der Waals surface area contributed by atoms with Gasteiger partial charge < -0.3 is 28.6 Å². The van der Waals surface area contributed by atoms with Gasteiger partial charge in [0.15, 0.2) is 11.5 Å². The molecule has 194 valence electrons. The number of hydrogen-bond donors (Lipinski definition) is 0. The van der Waals surface area contributed by atoms with Crippen LogP contribution in [0.2, 0.25) is 0 Å². The van der Waals surface area contributed by atoms with Crippen LogP contribution in [0.15, 0.2) is 36.4 Å². The Bertz CT molecular complexity index is 1040. The molecule has 0 bridgehead atoms. The molecule has 1 aliphatic heterocycles. The van der Waals surface area contributed by atoms with Crippen molar-refractivity contribution in [3.63, 3.8) is 0 Å². The Morgan fingerprint density at radius 3 is 2.14 bits per heavy atom. The monoisotopic (exact) mass is 499 g/mol. The summed E-state index contributed by atoms with van der Waals surface area (Å²) < 4.78 is 26.5. The van der Waals surface area contributed by atoms with E-state index in [9.17, 15) is 14.4 Å². The molecule has 1 aliphatic rings. The minimum atomic E-state index is -0.793. The van der Waals surface area contributed by atoms with Crippen LogP contribution in [0, 0.1) is 0 Å². The second kappa shape index (κ2) is 12.8. The molecule has 2 aromatic carbocycles. The zero-order chi connectivity index (χ0) is 26.1. The molecule has 0 aliphatic carbocycles. The largest absolute Gasteiger partial charge is 0.497 e. The van der Waals surface area contributed by atoms with Crippen molar-refractivity contribution in [2.24, 2.45) is 0 Å². The topological polar surface area (TPSA) is 101 Å². The van der Waals surface area contributed by atoms with E-state index in [-0.39, 0.29) is 23.7 Å². The summed E-state index contributed by atoms with van der Waals surface area (Å²) in [6.07, 6.45) is 3.31. The Morgan fingerprint density at radius 1 is 0.889 bits per heavy atom. The van der Waals surface area contributed by atoms with Crippen molar-refractivity contribution < 1.29 is 38.1 Å². The third kappa shape index (κ3) is 6.27. The number of piperidine rings is 1. The van der Waals surface area contributed by atoms with E-state index < -0.39 is 23.7 Å². The Kier molecular flexibility index (Phi) is 9.55. The Balaban J connectivity index is 1.64. The molecule has 0 saturated carbocycles. The molecule has 1 fully saturated rings. The van der Waals surface area contributed by atoms with Gasteiger partial charge in [0.05, 0.1) is 35.0 Å². The van der Waals surface area contributed by atoms with Gasteiger partial charge in [-0.05, 0) is 61.9 Å². The molecular weight excluding hydrogens is 466 g/mol. The van der Waals surface area contributed by atoms with Crippen LogP contribution in [0.3, 0.4) is 0 Å². The number of Topliss-reactive ketones (excluding diaryl/α,β-unsaturated/α-hetero) is 1. The number of nitrogens with zero attached hydrogens (tertiary/aromatic N) is 1. The highest BCUT2D eigenvalue weighted by Gasteiger charge is 2.36. The lowest BCUT2D eigenvalue weighted by atomic mass is 10.00. The van der Waals surface area contributed by atoms with Crippen LogP contribution >= 0.6 is 0 Å². The molecule has 0 N–H and O–H groups in total. The maximum atomic E-state index is 13.2. The van der Waals surface area contributed by atoms with Crippen LogP contribution in [-0.2, 0) is 20.7 Å². The summed E-state index contributed by atoms with van der Waals surface area (Å²) in [5, 5.41) is 0. The van der Waals surface area contributed by atoms with Crippen molar-refractivity contribution in [2.75, 3.05) is 41.6 Å². The fourth-order valence-corrected chi connectivity index (χ4v) is 4.22.